The maximum Gasteiger partial charge on any atom is 0.251 e. The lowest BCUT2D eigenvalue weighted by Crippen LogP contribution is -2.26. The minimum absolute atomic E-state index is 0.234. The van der Waals surface area contributed by atoms with Crippen molar-refractivity contribution in [3.8, 4) is 5.75 Å². The summed E-state index contributed by atoms with van der Waals surface area (Å²) in [6.07, 6.45) is 1.07. The fraction of sp³-hybridized carbons (Fsp3) is 0.235. The maximum absolute atomic E-state index is 12.3. The van der Waals surface area contributed by atoms with E-state index in [9.17, 15) is 13.2 Å². The van der Waals surface area contributed by atoms with Crippen LogP contribution in [0.5, 0.6) is 5.75 Å². The Labute approximate surface area is 141 Å². The first-order valence-corrected chi connectivity index (χ1v) is 9.21. The number of anilines is 1. The normalized spacial score (nSPS) is 12.3. The van der Waals surface area contributed by atoms with E-state index in [-0.39, 0.29) is 11.9 Å². The summed E-state index contributed by atoms with van der Waals surface area (Å²) >= 11 is 0. The number of para-hydroxylation sites is 1. The zero-order chi connectivity index (χ0) is 17.7. The van der Waals surface area contributed by atoms with E-state index >= 15 is 0 Å². The van der Waals surface area contributed by atoms with Crippen molar-refractivity contribution >= 4 is 21.6 Å². The minimum atomic E-state index is -3.34. The minimum Gasteiger partial charge on any atom is -0.496 e. The lowest BCUT2D eigenvalue weighted by molar-refractivity contribution is 0.0939. The van der Waals surface area contributed by atoms with E-state index in [1.807, 2.05) is 31.2 Å². The zero-order valence-corrected chi connectivity index (χ0v) is 14.6. The number of methoxy groups -OCH3 is 1. The molecule has 2 N–H and O–H groups in total. The van der Waals surface area contributed by atoms with Crippen molar-refractivity contribution in [3.05, 3.63) is 59.7 Å². The molecule has 0 bridgehead atoms. The van der Waals surface area contributed by atoms with Gasteiger partial charge in [0.1, 0.15) is 5.75 Å². The number of sulfonamides is 1. The average Bonchev–Trinajstić information content (AvgIpc) is 2.53. The molecular formula is C17H20N2O4S. The highest BCUT2D eigenvalue weighted by Gasteiger charge is 2.15. The molecule has 0 unspecified atom stereocenters. The number of nitrogens with one attached hydrogen (secondary N) is 2. The molecule has 0 saturated carbocycles. The fourth-order valence-electron chi connectivity index (χ4n) is 2.29. The molecule has 0 aliphatic rings. The van der Waals surface area contributed by atoms with Crippen LogP contribution in [0.2, 0.25) is 0 Å². The van der Waals surface area contributed by atoms with Gasteiger partial charge in [-0.05, 0) is 37.3 Å². The molecule has 2 rings (SSSR count). The van der Waals surface area contributed by atoms with E-state index in [4.69, 9.17) is 4.74 Å². The van der Waals surface area contributed by atoms with Gasteiger partial charge in [-0.2, -0.15) is 0 Å². The lowest BCUT2D eigenvalue weighted by atomic mass is 10.1. The number of ether oxygens (including phenoxy) is 1. The van der Waals surface area contributed by atoms with E-state index in [2.05, 4.69) is 10.0 Å². The highest BCUT2D eigenvalue weighted by molar-refractivity contribution is 7.92. The van der Waals surface area contributed by atoms with Crippen LogP contribution in [0, 0.1) is 0 Å². The van der Waals surface area contributed by atoms with E-state index < -0.39 is 10.0 Å². The maximum atomic E-state index is 12.3. The number of carbonyl (C=O) groups is 1. The third-order valence-corrected chi connectivity index (χ3v) is 4.01. The Bertz CT molecular complexity index is 817. The van der Waals surface area contributed by atoms with Crippen LogP contribution in [0.15, 0.2) is 48.5 Å². The topological polar surface area (TPSA) is 84.5 Å². The SMILES string of the molecule is COc1ccccc1[C@H](C)NC(=O)c1ccc(NS(C)(=O)=O)cc1. The van der Waals surface area contributed by atoms with Crippen LogP contribution in [-0.2, 0) is 10.0 Å². The Morgan fingerprint density at radius 2 is 1.71 bits per heavy atom. The van der Waals surface area contributed by atoms with E-state index in [0.29, 0.717) is 17.0 Å². The first-order valence-electron chi connectivity index (χ1n) is 7.32. The molecule has 24 heavy (non-hydrogen) atoms. The number of hydrogen-bond acceptors (Lipinski definition) is 4. The van der Waals surface area contributed by atoms with E-state index in [1.54, 1.807) is 31.4 Å². The molecule has 2 aromatic carbocycles. The summed E-state index contributed by atoms with van der Waals surface area (Å²) in [6, 6.07) is 13.5. The van der Waals surface area contributed by atoms with Crippen LogP contribution in [0.3, 0.4) is 0 Å². The molecular weight excluding hydrogens is 328 g/mol. The van der Waals surface area contributed by atoms with Crippen LogP contribution < -0.4 is 14.8 Å². The Hall–Kier alpha value is -2.54. The third kappa shape index (κ3) is 4.73. The number of amides is 1. The van der Waals surface area contributed by atoms with Crippen molar-refractivity contribution in [2.24, 2.45) is 0 Å². The largest absolute Gasteiger partial charge is 0.496 e. The molecule has 0 aromatic heterocycles. The molecule has 0 aliphatic heterocycles. The van der Waals surface area contributed by atoms with Crippen molar-refractivity contribution in [1.82, 2.24) is 5.32 Å². The summed E-state index contributed by atoms with van der Waals surface area (Å²) in [5, 5.41) is 2.90. The van der Waals surface area contributed by atoms with Gasteiger partial charge in [0.25, 0.3) is 5.91 Å². The van der Waals surface area contributed by atoms with Crippen LogP contribution >= 0.6 is 0 Å². The van der Waals surface area contributed by atoms with Gasteiger partial charge < -0.3 is 10.1 Å². The fourth-order valence-corrected chi connectivity index (χ4v) is 2.85. The second-order valence-electron chi connectivity index (χ2n) is 5.39. The lowest BCUT2D eigenvalue weighted by Gasteiger charge is -2.17. The predicted molar refractivity (Wildman–Crippen MR) is 93.8 cm³/mol. The second-order valence-corrected chi connectivity index (χ2v) is 7.14. The van der Waals surface area contributed by atoms with Crippen LogP contribution in [0.1, 0.15) is 28.9 Å². The van der Waals surface area contributed by atoms with Gasteiger partial charge in [0, 0.05) is 16.8 Å². The second kappa shape index (κ2) is 7.35. The van der Waals surface area contributed by atoms with Crippen molar-refractivity contribution in [2.75, 3.05) is 18.1 Å². The van der Waals surface area contributed by atoms with Gasteiger partial charge >= 0.3 is 0 Å². The molecule has 6 nitrogen and oxygen atoms in total. The van der Waals surface area contributed by atoms with Gasteiger partial charge in [0.2, 0.25) is 10.0 Å². The molecule has 1 amide bonds. The molecule has 0 heterocycles. The summed E-state index contributed by atoms with van der Waals surface area (Å²) < 4.78 is 30.0. The molecule has 7 heteroatoms. The standard InChI is InChI=1S/C17H20N2O4S/c1-12(15-6-4-5-7-16(15)23-2)18-17(20)13-8-10-14(11-9-13)19-24(3,21)22/h4-12,19H,1-3H3,(H,18,20)/t12-/m0/s1. The monoisotopic (exact) mass is 348 g/mol. The first kappa shape index (κ1) is 17.8. The quantitative estimate of drug-likeness (QED) is 0.840. The average molecular weight is 348 g/mol. The predicted octanol–water partition coefficient (Wildman–Crippen LogP) is 2.56. The summed E-state index contributed by atoms with van der Waals surface area (Å²) in [6.45, 7) is 1.87. The van der Waals surface area contributed by atoms with Crippen LogP contribution in [0.25, 0.3) is 0 Å². The van der Waals surface area contributed by atoms with Crippen molar-refractivity contribution in [1.29, 1.82) is 0 Å². The highest BCUT2D eigenvalue weighted by Crippen LogP contribution is 2.24. The van der Waals surface area contributed by atoms with Gasteiger partial charge in [-0.15, -0.1) is 0 Å². The molecule has 2 aromatic rings. The van der Waals surface area contributed by atoms with Crippen molar-refractivity contribution in [2.45, 2.75) is 13.0 Å². The Morgan fingerprint density at radius 1 is 1.08 bits per heavy atom. The highest BCUT2D eigenvalue weighted by atomic mass is 32.2. The van der Waals surface area contributed by atoms with Gasteiger partial charge in [-0.1, -0.05) is 18.2 Å². The van der Waals surface area contributed by atoms with Gasteiger partial charge in [0.15, 0.2) is 0 Å². The van der Waals surface area contributed by atoms with Gasteiger partial charge in [-0.3, -0.25) is 9.52 Å². The molecule has 0 radical (unpaired) electrons. The molecule has 0 fully saturated rings. The molecule has 0 saturated heterocycles. The number of rotatable bonds is 6. The van der Waals surface area contributed by atoms with Gasteiger partial charge in [-0.25, -0.2) is 8.42 Å². The Balaban J connectivity index is 2.09. The summed E-state index contributed by atoms with van der Waals surface area (Å²) in [5.74, 6) is 0.456. The van der Waals surface area contributed by atoms with Crippen LogP contribution in [-0.4, -0.2) is 27.7 Å². The van der Waals surface area contributed by atoms with Gasteiger partial charge in [0.05, 0.1) is 19.4 Å². The number of hydrogen-bond donors (Lipinski definition) is 2. The zero-order valence-electron chi connectivity index (χ0n) is 13.7. The third-order valence-electron chi connectivity index (χ3n) is 3.40. The molecule has 0 spiro atoms. The summed E-state index contributed by atoms with van der Waals surface area (Å²) in [4.78, 5) is 12.3. The summed E-state index contributed by atoms with van der Waals surface area (Å²) in [5.41, 5.74) is 1.73. The Morgan fingerprint density at radius 3 is 2.29 bits per heavy atom. The number of benzene rings is 2. The van der Waals surface area contributed by atoms with Crippen molar-refractivity contribution < 1.29 is 17.9 Å². The first-order chi connectivity index (χ1) is 11.3. The molecule has 0 aliphatic carbocycles. The smallest absolute Gasteiger partial charge is 0.251 e. The van der Waals surface area contributed by atoms with E-state index in [1.165, 1.54) is 0 Å². The van der Waals surface area contributed by atoms with Crippen LogP contribution in [0.4, 0.5) is 5.69 Å². The van der Waals surface area contributed by atoms with E-state index in [0.717, 1.165) is 11.8 Å². The Kier molecular flexibility index (Phi) is 5.46. The van der Waals surface area contributed by atoms with Crippen molar-refractivity contribution in [3.63, 3.8) is 0 Å². The molecule has 128 valence electrons. The summed E-state index contributed by atoms with van der Waals surface area (Å²) in [7, 11) is -1.75. The molecule has 1 atom stereocenters. The number of carbonyl (C=O) groups excluding carboxylic acids is 1.